The lowest BCUT2D eigenvalue weighted by Crippen LogP contribution is -2.34. The van der Waals surface area contributed by atoms with Crippen molar-refractivity contribution in [3.05, 3.63) is 0 Å². The van der Waals surface area contributed by atoms with Crippen molar-refractivity contribution in [2.75, 3.05) is 34.4 Å². The van der Waals surface area contributed by atoms with Crippen LogP contribution in [0.2, 0.25) is 0 Å². The highest BCUT2D eigenvalue weighted by molar-refractivity contribution is 5.72. The first-order valence-corrected chi connectivity index (χ1v) is 5.26. The Bertz CT molecular complexity index is 218. The largest absolute Gasteiger partial charge is 0.469 e. The molecule has 0 radical (unpaired) electrons. The van der Waals surface area contributed by atoms with Crippen molar-refractivity contribution in [2.24, 2.45) is 11.8 Å². The van der Waals surface area contributed by atoms with Gasteiger partial charge in [-0.25, -0.2) is 0 Å². The molecule has 5 nitrogen and oxygen atoms in total. The number of carbonyl (C=O) groups excluding carboxylic acids is 2. The Labute approximate surface area is 96.7 Å². The lowest BCUT2D eigenvalue weighted by Gasteiger charge is -2.22. The summed E-state index contributed by atoms with van der Waals surface area (Å²) in [5.74, 6) is -0.866. The highest BCUT2D eigenvalue weighted by atomic mass is 16.5. The number of nitrogens with zero attached hydrogens (tertiary/aromatic N) is 1. The molecule has 0 aromatic rings. The maximum Gasteiger partial charge on any atom is 0.309 e. The summed E-state index contributed by atoms with van der Waals surface area (Å²) in [5, 5.41) is 0. The Morgan fingerprint density at radius 2 is 1.31 bits per heavy atom. The summed E-state index contributed by atoms with van der Waals surface area (Å²) >= 11 is 0. The molecule has 0 bridgehead atoms. The fourth-order valence-corrected chi connectivity index (χ4v) is 1.56. The molecule has 2 atom stereocenters. The van der Waals surface area contributed by atoms with Crippen molar-refractivity contribution in [1.82, 2.24) is 4.90 Å². The van der Waals surface area contributed by atoms with Gasteiger partial charge in [-0.1, -0.05) is 13.8 Å². The summed E-state index contributed by atoms with van der Waals surface area (Å²) in [6, 6.07) is 0. The van der Waals surface area contributed by atoms with E-state index in [-0.39, 0.29) is 23.8 Å². The van der Waals surface area contributed by atoms with Gasteiger partial charge < -0.3 is 14.4 Å². The van der Waals surface area contributed by atoms with Crippen LogP contribution in [0.3, 0.4) is 0 Å². The topological polar surface area (TPSA) is 55.8 Å². The van der Waals surface area contributed by atoms with Crippen LogP contribution < -0.4 is 0 Å². The standard InChI is InChI=1S/C11H21NO4/c1-8(10(13)15-4)6-12(3)7-9(2)11(14)16-5/h8-9H,6-7H2,1-5H3. The molecular weight excluding hydrogens is 210 g/mol. The number of rotatable bonds is 6. The van der Waals surface area contributed by atoms with Gasteiger partial charge in [0.2, 0.25) is 0 Å². The monoisotopic (exact) mass is 231 g/mol. The minimum atomic E-state index is -0.238. The highest BCUT2D eigenvalue weighted by Gasteiger charge is 2.19. The van der Waals surface area contributed by atoms with Crippen LogP contribution in [0.5, 0.6) is 0 Å². The van der Waals surface area contributed by atoms with E-state index < -0.39 is 0 Å². The third-order valence-electron chi connectivity index (χ3n) is 2.38. The smallest absolute Gasteiger partial charge is 0.309 e. The number of ether oxygens (including phenoxy) is 2. The molecule has 16 heavy (non-hydrogen) atoms. The average Bonchev–Trinajstić information content (AvgIpc) is 2.26. The van der Waals surface area contributed by atoms with Gasteiger partial charge >= 0.3 is 11.9 Å². The Hall–Kier alpha value is -1.10. The molecule has 5 heteroatoms. The lowest BCUT2D eigenvalue weighted by atomic mass is 10.1. The van der Waals surface area contributed by atoms with Gasteiger partial charge in [0.05, 0.1) is 26.1 Å². The van der Waals surface area contributed by atoms with Gasteiger partial charge in [-0.15, -0.1) is 0 Å². The maximum atomic E-state index is 11.2. The van der Waals surface area contributed by atoms with E-state index in [2.05, 4.69) is 9.47 Å². The molecule has 2 unspecified atom stereocenters. The molecule has 0 amide bonds. The van der Waals surface area contributed by atoms with Crippen LogP contribution in [0, 0.1) is 11.8 Å². The van der Waals surface area contributed by atoms with E-state index in [1.807, 2.05) is 11.9 Å². The van der Waals surface area contributed by atoms with Gasteiger partial charge in [-0.3, -0.25) is 9.59 Å². The van der Waals surface area contributed by atoms with Crippen molar-refractivity contribution in [1.29, 1.82) is 0 Å². The number of methoxy groups -OCH3 is 2. The Balaban J connectivity index is 4.03. The molecule has 0 fully saturated rings. The average molecular weight is 231 g/mol. The van der Waals surface area contributed by atoms with E-state index in [1.165, 1.54) is 14.2 Å². The quantitative estimate of drug-likeness (QED) is 0.624. The number of carbonyl (C=O) groups is 2. The van der Waals surface area contributed by atoms with E-state index in [0.29, 0.717) is 13.1 Å². The minimum absolute atomic E-state index is 0.195. The van der Waals surface area contributed by atoms with Crippen LogP contribution in [0.15, 0.2) is 0 Å². The van der Waals surface area contributed by atoms with Crippen molar-refractivity contribution in [2.45, 2.75) is 13.8 Å². The molecule has 0 heterocycles. The predicted octanol–water partition coefficient (Wildman–Crippen LogP) is 0.536. The van der Waals surface area contributed by atoms with Gasteiger partial charge in [-0.2, -0.15) is 0 Å². The van der Waals surface area contributed by atoms with Gasteiger partial charge in [-0.05, 0) is 7.05 Å². The van der Waals surface area contributed by atoms with Crippen molar-refractivity contribution in [3.63, 3.8) is 0 Å². The molecule has 0 saturated heterocycles. The van der Waals surface area contributed by atoms with Crippen molar-refractivity contribution < 1.29 is 19.1 Å². The molecule has 0 aliphatic heterocycles. The first-order valence-electron chi connectivity index (χ1n) is 5.26. The number of hydrogen-bond acceptors (Lipinski definition) is 5. The summed E-state index contributed by atoms with van der Waals surface area (Å²) in [7, 11) is 4.60. The molecule has 0 aromatic heterocycles. The van der Waals surface area contributed by atoms with Crippen LogP contribution in [-0.4, -0.2) is 51.2 Å². The van der Waals surface area contributed by atoms with Gasteiger partial charge in [0.1, 0.15) is 0 Å². The number of hydrogen-bond donors (Lipinski definition) is 0. The number of esters is 2. The molecule has 0 aromatic carbocycles. The van der Waals surface area contributed by atoms with Crippen LogP contribution >= 0.6 is 0 Å². The molecule has 0 aliphatic rings. The van der Waals surface area contributed by atoms with Crippen LogP contribution in [-0.2, 0) is 19.1 Å². The van der Waals surface area contributed by atoms with Crippen LogP contribution in [0.4, 0.5) is 0 Å². The molecule has 0 aliphatic carbocycles. The predicted molar refractivity (Wildman–Crippen MR) is 59.9 cm³/mol. The zero-order valence-corrected chi connectivity index (χ0v) is 10.6. The van der Waals surface area contributed by atoms with E-state index in [1.54, 1.807) is 13.8 Å². The van der Waals surface area contributed by atoms with E-state index in [4.69, 9.17) is 0 Å². The van der Waals surface area contributed by atoms with Gasteiger partial charge in [0.15, 0.2) is 0 Å². The fraction of sp³-hybridized carbons (Fsp3) is 0.818. The lowest BCUT2D eigenvalue weighted by molar-refractivity contribution is -0.146. The van der Waals surface area contributed by atoms with E-state index in [9.17, 15) is 9.59 Å². The van der Waals surface area contributed by atoms with Crippen molar-refractivity contribution in [3.8, 4) is 0 Å². The SMILES string of the molecule is COC(=O)C(C)CN(C)CC(C)C(=O)OC. The summed E-state index contributed by atoms with van der Waals surface area (Å²) in [4.78, 5) is 24.3. The second kappa shape index (κ2) is 7.22. The Morgan fingerprint density at radius 1 is 1.00 bits per heavy atom. The second-order valence-corrected chi connectivity index (χ2v) is 4.07. The third kappa shape index (κ3) is 5.11. The molecule has 0 saturated carbocycles. The zero-order chi connectivity index (χ0) is 12.7. The molecule has 0 rings (SSSR count). The maximum absolute atomic E-state index is 11.2. The van der Waals surface area contributed by atoms with E-state index in [0.717, 1.165) is 0 Å². The first-order chi connectivity index (χ1) is 7.42. The third-order valence-corrected chi connectivity index (χ3v) is 2.38. The molecule has 0 spiro atoms. The Morgan fingerprint density at radius 3 is 1.56 bits per heavy atom. The first kappa shape index (κ1) is 14.9. The van der Waals surface area contributed by atoms with Gasteiger partial charge in [0, 0.05) is 13.1 Å². The van der Waals surface area contributed by atoms with Gasteiger partial charge in [0.25, 0.3) is 0 Å². The summed E-state index contributed by atoms with van der Waals surface area (Å²) in [6.45, 7) is 4.72. The normalized spacial score (nSPS) is 14.4. The Kier molecular flexibility index (Phi) is 6.72. The van der Waals surface area contributed by atoms with Crippen LogP contribution in [0.1, 0.15) is 13.8 Å². The minimum Gasteiger partial charge on any atom is -0.469 e. The van der Waals surface area contributed by atoms with Crippen LogP contribution in [0.25, 0.3) is 0 Å². The fourth-order valence-electron chi connectivity index (χ4n) is 1.56. The molecule has 0 N–H and O–H groups in total. The van der Waals surface area contributed by atoms with Crippen molar-refractivity contribution >= 4 is 11.9 Å². The molecule has 94 valence electrons. The second-order valence-electron chi connectivity index (χ2n) is 4.07. The van der Waals surface area contributed by atoms with E-state index >= 15 is 0 Å². The summed E-state index contributed by atoms with van der Waals surface area (Å²) in [5.41, 5.74) is 0. The zero-order valence-electron chi connectivity index (χ0n) is 10.6. The summed E-state index contributed by atoms with van der Waals surface area (Å²) < 4.78 is 9.26. The molecular formula is C11H21NO4. The summed E-state index contributed by atoms with van der Waals surface area (Å²) in [6.07, 6.45) is 0. The highest BCUT2D eigenvalue weighted by Crippen LogP contribution is 2.05.